The molecule has 0 saturated heterocycles. The van der Waals surface area contributed by atoms with Crippen LogP contribution in [-0.4, -0.2) is 70.4 Å². The molecule has 0 unspecified atom stereocenters. The van der Waals surface area contributed by atoms with Gasteiger partial charge in [-0.25, -0.2) is 9.97 Å². The molecule has 1 fully saturated rings. The van der Waals surface area contributed by atoms with Gasteiger partial charge in [0.25, 0.3) is 11.8 Å². The molecule has 2 heterocycles. The van der Waals surface area contributed by atoms with Crippen molar-refractivity contribution < 1.29 is 14.3 Å². The molecule has 2 aliphatic rings. The van der Waals surface area contributed by atoms with Gasteiger partial charge in [-0.05, 0) is 70.2 Å². The maximum atomic E-state index is 14.0. The molecular weight excluding hydrogens is 514 g/mol. The van der Waals surface area contributed by atoms with Gasteiger partial charge in [-0.1, -0.05) is 36.4 Å². The van der Waals surface area contributed by atoms with Crippen molar-refractivity contribution in [3.63, 3.8) is 0 Å². The quantitative estimate of drug-likeness (QED) is 0.419. The van der Waals surface area contributed by atoms with E-state index < -0.39 is 0 Å². The summed E-state index contributed by atoms with van der Waals surface area (Å²) in [5.41, 5.74) is 4.07. The number of nitrogens with zero attached hydrogens (tertiary/aromatic N) is 5. The highest BCUT2D eigenvalue weighted by atomic mass is 16.5. The molecule has 0 atom stereocenters. The first kappa shape index (κ1) is 28.7. The molecule has 8 heteroatoms. The SMILES string of the molecule is Cc1cccc2c1N(C(=O)COc1ccccc1)CCCN(C(C)C)CCN(C(=O)c1cnc(C3CC3)nc1C)C2. The number of carbonyl (C=O) groups is 2. The van der Waals surface area contributed by atoms with Crippen LogP contribution in [0.15, 0.2) is 54.7 Å². The Bertz CT molecular complexity index is 1370. The highest BCUT2D eigenvalue weighted by Gasteiger charge is 2.29. The Balaban J connectivity index is 1.47. The van der Waals surface area contributed by atoms with Gasteiger partial charge in [0.05, 0.1) is 16.9 Å². The number of fused-ring (bicyclic) bond motifs is 1. The predicted molar refractivity (Wildman–Crippen MR) is 160 cm³/mol. The minimum Gasteiger partial charge on any atom is -0.484 e. The average molecular weight is 556 g/mol. The molecule has 216 valence electrons. The Labute approximate surface area is 243 Å². The van der Waals surface area contributed by atoms with Crippen molar-refractivity contribution in [3.8, 4) is 5.75 Å². The average Bonchev–Trinajstić information content (AvgIpc) is 3.81. The van der Waals surface area contributed by atoms with Crippen LogP contribution in [0.3, 0.4) is 0 Å². The second-order valence-electron chi connectivity index (χ2n) is 11.4. The topological polar surface area (TPSA) is 78.9 Å². The third-order valence-electron chi connectivity index (χ3n) is 8.03. The standard InChI is InChI=1S/C33H41N5O3/c1-23(2)36-16-9-17-38(30(39)22-41-28-12-6-5-7-13-28)31-24(3)10-8-11-27(31)21-37(19-18-36)33(40)29-20-34-32(26-14-15-26)35-25(29)4/h5-8,10-13,20,23,26H,9,14-19,21-22H2,1-4H3. The van der Waals surface area contributed by atoms with E-state index in [0.29, 0.717) is 42.9 Å². The molecule has 0 N–H and O–H groups in total. The first-order valence-electron chi connectivity index (χ1n) is 14.8. The number of hydrogen-bond acceptors (Lipinski definition) is 6. The van der Waals surface area contributed by atoms with Gasteiger partial charge in [-0.15, -0.1) is 0 Å². The summed E-state index contributed by atoms with van der Waals surface area (Å²) in [7, 11) is 0. The number of para-hydroxylation sites is 2. The van der Waals surface area contributed by atoms with Gasteiger partial charge in [-0.2, -0.15) is 0 Å². The maximum absolute atomic E-state index is 14.0. The van der Waals surface area contributed by atoms with Gasteiger partial charge in [0.2, 0.25) is 0 Å². The van der Waals surface area contributed by atoms with Crippen molar-refractivity contribution in [1.29, 1.82) is 0 Å². The summed E-state index contributed by atoms with van der Waals surface area (Å²) < 4.78 is 5.87. The van der Waals surface area contributed by atoms with E-state index in [1.807, 2.05) is 72.2 Å². The van der Waals surface area contributed by atoms with Crippen molar-refractivity contribution in [3.05, 3.63) is 82.9 Å². The van der Waals surface area contributed by atoms with Crippen molar-refractivity contribution in [2.75, 3.05) is 37.7 Å². The highest BCUT2D eigenvalue weighted by Crippen LogP contribution is 2.38. The summed E-state index contributed by atoms with van der Waals surface area (Å²) in [6.07, 6.45) is 4.75. The normalized spacial score (nSPS) is 16.7. The Morgan fingerprint density at radius 3 is 2.46 bits per heavy atom. The summed E-state index contributed by atoms with van der Waals surface area (Å²) in [6, 6.07) is 15.8. The molecule has 0 spiro atoms. The Morgan fingerprint density at radius 2 is 1.76 bits per heavy atom. The van der Waals surface area contributed by atoms with E-state index in [1.165, 1.54) is 0 Å². The van der Waals surface area contributed by atoms with E-state index in [4.69, 9.17) is 4.74 Å². The fraction of sp³-hybridized carbons (Fsp3) is 0.455. The van der Waals surface area contributed by atoms with E-state index in [-0.39, 0.29) is 18.4 Å². The number of carbonyl (C=O) groups excluding carboxylic acids is 2. The summed E-state index contributed by atoms with van der Waals surface area (Å²) in [5, 5.41) is 0. The number of aromatic nitrogens is 2. The monoisotopic (exact) mass is 555 g/mol. The lowest BCUT2D eigenvalue weighted by Crippen LogP contribution is -2.41. The Kier molecular flexibility index (Phi) is 8.98. The van der Waals surface area contributed by atoms with Crippen LogP contribution in [0.2, 0.25) is 0 Å². The molecule has 8 nitrogen and oxygen atoms in total. The summed E-state index contributed by atoms with van der Waals surface area (Å²) in [6.45, 7) is 11.3. The molecule has 2 aromatic carbocycles. The number of benzene rings is 2. The second-order valence-corrected chi connectivity index (χ2v) is 11.4. The molecule has 0 radical (unpaired) electrons. The van der Waals surface area contributed by atoms with E-state index in [0.717, 1.165) is 60.7 Å². The lowest BCUT2D eigenvalue weighted by molar-refractivity contribution is -0.120. The number of aryl methyl sites for hydroxylation is 2. The van der Waals surface area contributed by atoms with E-state index in [1.54, 1.807) is 6.20 Å². The Morgan fingerprint density at radius 1 is 0.976 bits per heavy atom. The predicted octanol–water partition coefficient (Wildman–Crippen LogP) is 5.14. The maximum Gasteiger partial charge on any atom is 0.264 e. The number of amides is 2. The van der Waals surface area contributed by atoms with Gasteiger partial charge < -0.3 is 14.5 Å². The van der Waals surface area contributed by atoms with Gasteiger partial charge in [0.15, 0.2) is 6.61 Å². The minimum absolute atomic E-state index is 0.0573. The molecule has 3 aromatic rings. The molecule has 0 bridgehead atoms. The lowest BCUT2D eigenvalue weighted by Gasteiger charge is -2.30. The Hall–Kier alpha value is -3.78. The van der Waals surface area contributed by atoms with Crippen molar-refractivity contribution in [2.24, 2.45) is 0 Å². The highest BCUT2D eigenvalue weighted by molar-refractivity contribution is 5.97. The molecule has 1 saturated carbocycles. The van der Waals surface area contributed by atoms with E-state index >= 15 is 0 Å². The number of hydrogen-bond donors (Lipinski definition) is 0. The van der Waals surface area contributed by atoms with Crippen LogP contribution in [0.4, 0.5) is 5.69 Å². The molecule has 1 aromatic heterocycles. The van der Waals surface area contributed by atoms with E-state index in [2.05, 4.69) is 28.7 Å². The summed E-state index contributed by atoms with van der Waals surface area (Å²) >= 11 is 0. The molecule has 41 heavy (non-hydrogen) atoms. The van der Waals surface area contributed by atoms with Crippen LogP contribution in [0, 0.1) is 13.8 Å². The van der Waals surface area contributed by atoms with Crippen LogP contribution < -0.4 is 9.64 Å². The van der Waals surface area contributed by atoms with Crippen molar-refractivity contribution in [2.45, 2.75) is 65.5 Å². The smallest absolute Gasteiger partial charge is 0.264 e. The van der Waals surface area contributed by atoms with Gasteiger partial charge in [0, 0.05) is 50.9 Å². The fourth-order valence-corrected chi connectivity index (χ4v) is 5.51. The molecule has 1 aliphatic carbocycles. The minimum atomic E-state index is -0.0995. The largest absolute Gasteiger partial charge is 0.484 e. The second kappa shape index (κ2) is 12.8. The van der Waals surface area contributed by atoms with Crippen LogP contribution in [0.25, 0.3) is 0 Å². The zero-order valence-electron chi connectivity index (χ0n) is 24.7. The third-order valence-corrected chi connectivity index (χ3v) is 8.03. The van der Waals surface area contributed by atoms with Crippen LogP contribution in [0.5, 0.6) is 5.75 Å². The van der Waals surface area contributed by atoms with Crippen LogP contribution in [-0.2, 0) is 11.3 Å². The lowest BCUT2D eigenvalue weighted by atomic mass is 10.0. The first-order valence-corrected chi connectivity index (χ1v) is 14.8. The van der Waals surface area contributed by atoms with Crippen LogP contribution >= 0.6 is 0 Å². The first-order chi connectivity index (χ1) is 19.8. The molecule has 1 aliphatic heterocycles. The molecular formula is C33H41N5O3. The summed E-state index contributed by atoms with van der Waals surface area (Å²) in [4.78, 5) is 43.1. The third kappa shape index (κ3) is 6.93. The fourth-order valence-electron chi connectivity index (χ4n) is 5.51. The van der Waals surface area contributed by atoms with Gasteiger partial charge >= 0.3 is 0 Å². The van der Waals surface area contributed by atoms with Gasteiger partial charge in [-0.3, -0.25) is 14.5 Å². The van der Waals surface area contributed by atoms with E-state index in [9.17, 15) is 9.59 Å². The van der Waals surface area contributed by atoms with Crippen molar-refractivity contribution in [1.82, 2.24) is 19.8 Å². The zero-order valence-corrected chi connectivity index (χ0v) is 24.7. The molecule has 2 amide bonds. The number of anilines is 1. The number of ether oxygens (including phenoxy) is 1. The van der Waals surface area contributed by atoms with Crippen molar-refractivity contribution >= 4 is 17.5 Å². The van der Waals surface area contributed by atoms with Crippen LogP contribution in [0.1, 0.15) is 72.0 Å². The van der Waals surface area contributed by atoms with Gasteiger partial charge in [0.1, 0.15) is 11.6 Å². The molecule has 5 rings (SSSR count). The number of rotatable bonds is 6. The summed E-state index contributed by atoms with van der Waals surface area (Å²) in [5.74, 6) is 1.76. The zero-order chi connectivity index (χ0) is 28.9.